The summed E-state index contributed by atoms with van der Waals surface area (Å²) in [4.78, 5) is 16.3. The van der Waals surface area contributed by atoms with Crippen LogP contribution in [0.15, 0.2) is 42.9 Å². The Bertz CT molecular complexity index is 810. The van der Waals surface area contributed by atoms with E-state index in [1.54, 1.807) is 0 Å². The average Bonchev–Trinajstić information content (AvgIpc) is 3.10. The van der Waals surface area contributed by atoms with Crippen molar-refractivity contribution in [1.82, 2.24) is 19.5 Å². The van der Waals surface area contributed by atoms with E-state index in [4.69, 9.17) is 4.98 Å². The number of hydrogen-bond acceptors (Lipinski definition) is 4. The number of anilines is 1. The second-order valence-corrected chi connectivity index (χ2v) is 6.07. The summed E-state index contributed by atoms with van der Waals surface area (Å²) in [7, 11) is 0. The molecule has 0 amide bonds. The van der Waals surface area contributed by atoms with Crippen molar-refractivity contribution in [2.24, 2.45) is 0 Å². The highest BCUT2D eigenvalue weighted by molar-refractivity contribution is 5.75. The lowest BCUT2D eigenvalue weighted by Gasteiger charge is -2.33. The molecule has 0 aliphatic carbocycles. The average molecular weight is 307 g/mol. The highest BCUT2D eigenvalue weighted by Crippen LogP contribution is 2.28. The van der Waals surface area contributed by atoms with Crippen LogP contribution in [0.4, 0.5) is 5.82 Å². The van der Waals surface area contributed by atoms with Crippen molar-refractivity contribution >= 4 is 16.9 Å². The van der Waals surface area contributed by atoms with Crippen LogP contribution in [0.1, 0.15) is 31.5 Å². The van der Waals surface area contributed by atoms with E-state index in [-0.39, 0.29) is 0 Å². The van der Waals surface area contributed by atoms with E-state index in [2.05, 4.69) is 32.6 Å². The summed E-state index contributed by atoms with van der Waals surface area (Å²) in [5.74, 6) is 2.64. The van der Waals surface area contributed by atoms with E-state index < -0.39 is 0 Å². The van der Waals surface area contributed by atoms with Crippen LogP contribution >= 0.6 is 0 Å². The second-order valence-electron chi connectivity index (χ2n) is 6.07. The molecule has 0 bridgehead atoms. The van der Waals surface area contributed by atoms with Crippen molar-refractivity contribution in [3.63, 3.8) is 0 Å². The molecule has 1 fully saturated rings. The minimum absolute atomic E-state index is 0.465. The molecule has 3 heterocycles. The fourth-order valence-corrected chi connectivity index (χ4v) is 3.44. The predicted octanol–water partition coefficient (Wildman–Crippen LogP) is 3.23. The zero-order valence-electron chi connectivity index (χ0n) is 13.4. The predicted molar refractivity (Wildman–Crippen MR) is 91.6 cm³/mol. The molecule has 0 N–H and O–H groups in total. The third-order valence-electron chi connectivity index (χ3n) is 4.63. The first kappa shape index (κ1) is 14.2. The molecule has 4 rings (SSSR count). The molecular weight excluding hydrogens is 286 g/mol. The van der Waals surface area contributed by atoms with Gasteiger partial charge in [0.1, 0.15) is 11.6 Å². The Morgan fingerprint density at radius 2 is 2.04 bits per heavy atom. The monoisotopic (exact) mass is 307 g/mol. The van der Waals surface area contributed by atoms with Gasteiger partial charge in [0.2, 0.25) is 0 Å². The van der Waals surface area contributed by atoms with Gasteiger partial charge in [0.15, 0.2) is 0 Å². The normalized spacial score (nSPS) is 18.5. The maximum atomic E-state index is 4.79. The van der Waals surface area contributed by atoms with Crippen LogP contribution in [0.3, 0.4) is 0 Å². The Morgan fingerprint density at radius 3 is 2.91 bits per heavy atom. The van der Waals surface area contributed by atoms with Crippen molar-refractivity contribution in [1.29, 1.82) is 0 Å². The number of imidazole rings is 1. The molecule has 3 aromatic rings. The van der Waals surface area contributed by atoms with Crippen molar-refractivity contribution in [3.05, 3.63) is 48.7 Å². The van der Waals surface area contributed by atoms with Crippen molar-refractivity contribution in [3.8, 4) is 0 Å². The van der Waals surface area contributed by atoms with E-state index >= 15 is 0 Å². The van der Waals surface area contributed by atoms with E-state index in [1.807, 2.05) is 36.7 Å². The first-order chi connectivity index (χ1) is 11.3. The standard InChI is InChI=1S/C18H21N5/c1-2-22-11-9-19-18(22)14-6-5-10-23(13-14)17-12-20-15-7-3-4-8-16(15)21-17/h3-4,7-9,11-12,14H,2,5-6,10,13H2,1H3/t14-/m1/s1. The largest absolute Gasteiger partial charge is 0.355 e. The van der Waals surface area contributed by atoms with Gasteiger partial charge in [-0.15, -0.1) is 0 Å². The van der Waals surface area contributed by atoms with Gasteiger partial charge in [0.25, 0.3) is 0 Å². The molecule has 1 aliphatic rings. The fourth-order valence-electron chi connectivity index (χ4n) is 3.44. The summed E-state index contributed by atoms with van der Waals surface area (Å²) in [6.45, 7) is 5.14. The third kappa shape index (κ3) is 2.67. The number of rotatable bonds is 3. The van der Waals surface area contributed by atoms with E-state index in [9.17, 15) is 0 Å². The van der Waals surface area contributed by atoms with Crippen molar-refractivity contribution in [2.45, 2.75) is 32.2 Å². The van der Waals surface area contributed by atoms with E-state index in [1.165, 1.54) is 12.2 Å². The Hall–Kier alpha value is -2.43. The van der Waals surface area contributed by atoms with Gasteiger partial charge in [-0.25, -0.2) is 9.97 Å². The van der Waals surface area contributed by atoms with E-state index in [0.717, 1.165) is 42.9 Å². The smallest absolute Gasteiger partial charge is 0.147 e. The zero-order valence-corrected chi connectivity index (χ0v) is 13.4. The maximum absolute atomic E-state index is 4.79. The molecule has 0 saturated carbocycles. The molecule has 118 valence electrons. The molecule has 0 spiro atoms. The lowest BCUT2D eigenvalue weighted by atomic mass is 9.97. The number of hydrogen-bond donors (Lipinski definition) is 0. The summed E-state index contributed by atoms with van der Waals surface area (Å²) in [5.41, 5.74) is 1.91. The van der Waals surface area contributed by atoms with Gasteiger partial charge in [-0.3, -0.25) is 4.98 Å². The molecule has 1 saturated heterocycles. The molecule has 23 heavy (non-hydrogen) atoms. The van der Waals surface area contributed by atoms with Gasteiger partial charge in [0, 0.05) is 37.9 Å². The van der Waals surface area contributed by atoms with Gasteiger partial charge < -0.3 is 9.47 Å². The SMILES string of the molecule is CCn1ccnc1[C@@H]1CCCN(c2cnc3ccccc3n2)C1. The topological polar surface area (TPSA) is 46.8 Å². The number of fused-ring (bicyclic) bond motifs is 1. The Balaban J connectivity index is 1.61. The molecular formula is C18H21N5. The Morgan fingerprint density at radius 1 is 1.17 bits per heavy atom. The van der Waals surface area contributed by atoms with Crippen molar-refractivity contribution < 1.29 is 0 Å². The van der Waals surface area contributed by atoms with Crippen LogP contribution in [0.25, 0.3) is 11.0 Å². The number of para-hydroxylation sites is 2. The lowest BCUT2D eigenvalue weighted by Crippen LogP contribution is -2.36. The summed E-state index contributed by atoms with van der Waals surface area (Å²) < 4.78 is 2.25. The van der Waals surface area contributed by atoms with Crippen molar-refractivity contribution in [2.75, 3.05) is 18.0 Å². The van der Waals surface area contributed by atoms with Gasteiger partial charge in [-0.05, 0) is 31.9 Å². The molecule has 0 unspecified atom stereocenters. The van der Waals surface area contributed by atoms with Crippen LogP contribution in [0, 0.1) is 0 Å². The van der Waals surface area contributed by atoms with Crippen LogP contribution in [0.5, 0.6) is 0 Å². The molecule has 2 aromatic heterocycles. The fraction of sp³-hybridized carbons (Fsp3) is 0.389. The lowest BCUT2D eigenvalue weighted by molar-refractivity contribution is 0.472. The summed E-state index contributed by atoms with van der Waals surface area (Å²) in [5, 5.41) is 0. The first-order valence-electron chi connectivity index (χ1n) is 8.33. The minimum atomic E-state index is 0.465. The second kappa shape index (κ2) is 5.99. The molecule has 1 aliphatic heterocycles. The van der Waals surface area contributed by atoms with Crippen LogP contribution in [-0.2, 0) is 6.54 Å². The highest BCUT2D eigenvalue weighted by Gasteiger charge is 2.25. The third-order valence-corrected chi connectivity index (χ3v) is 4.63. The zero-order chi connectivity index (χ0) is 15.6. The molecule has 5 nitrogen and oxygen atoms in total. The van der Waals surface area contributed by atoms with Crippen LogP contribution < -0.4 is 4.90 Å². The van der Waals surface area contributed by atoms with Gasteiger partial charge in [-0.2, -0.15) is 0 Å². The number of benzene rings is 1. The first-order valence-corrected chi connectivity index (χ1v) is 8.33. The summed E-state index contributed by atoms with van der Waals surface area (Å²) in [6, 6.07) is 8.04. The molecule has 0 radical (unpaired) electrons. The quantitative estimate of drug-likeness (QED) is 0.745. The van der Waals surface area contributed by atoms with E-state index in [0.29, 0.717) is 5.92 Å². The van der Waals surface area contributed by atoms with Gasteiger partial charge >= 0.3 is 0 Å². The Kier molecular flexibility index (Phi) is 3.69. The Labute approximate surface area is 136 Å². The number of piperidine rings is 1. The molecule has 1 atom stereocenters. The van der Waals surface area contributed by atoms with Gasteiger partial charge in [0.05, 0.1) is 17.2 Å². The molecule has 5 heteroatoms. The van der Waals surface area contributed by atoms with Crippen LogP contribution in [0.2, 0.25) is 0 Å². The number of nitrogens with zero attached hydrogens (tertiary/aromatic N) is 5. The number of aromatic nitrogens is 4. The number of aryl methyl sites for hydroxylation is 1. The molecule has 1 aromatic carbocycles. The highest BCUT2D eigenvalue weighted by atomic mass is 15.2. The summed E-state index contributed by atoms with van der Waals surface area (Å²) >= 11 is 0. The van der Waals surface area contributed by atoms with Crippen LogP contribution in [-0.4, -0.2) is 32.6 Å². The maximum Gasteiger partial charge on any atom is 0.147 e. The van der Waals surface area contributed by atoms with Gasteiger partial charge in [-0.1, -0.05) is 12.1 Å². The summed E-state index contributed by atoms with van der Waals surface area (Å²) in [6.07, 6.45) is 8.24. The minimum Gasteiger partial charge on any atom is -0.355 e.